The Morgan fingerprint density at radius 2 is 2.33 bits per heavy atom. The number of methoxy groups -OCH3 is 1. The van der Waals surface area contributed by atoms with E-state index in [1.807, 2.05) is 0 Å². The highest BCUT2D eigenvalue weighted by molar-refractivity contribution is 5.68. The molecule has 2 N–H and O–H groups in total. The number of hydrogen-bond donors (Lipinski definition) is 2. The Morgan fingerprint density at radius 1 is 1.56 bits per heavy atom. The Balaban J connectivity index is 2.50. The SMILES string of the molecule is COc1ccc(C#N)c(NCCOCC(=O)O)c1. The molecular weight excluding hydrogens is 236 g/mol. The van der Waals surface area contributed by atoms with Crippen LogP contribution >= 0.6 is 0 Å². The molecule has 0 heterocycles. The molecule has 1 aromatic rings. The van der Waals surface area contributed by atoms with Crippen molar-refractivity contribution in [1.82, 2.24) is 0 Å². The number of carbonyl (C=O) groups is 1. The number of carboxylic acid groups (broad SMARTS) is 1. The highest BCUT2D eigenvalue weighted by Crippen LogP contribution is 2.21. The Hall–Kier alpha value is -2.26. The van der Waals surface area contributed by atoms with Crippen LogP contribution in [-0.4, -0.2) is 37.9 Å². The number of hydrogen-bond acceptors (Lipinski definition) is 5. The van der Waals surface area contributed by atoms with Gasteiger partial charge < -0.3 is 19.9 Å². The molecule has 0 amide bonds. The Bertz CT molecular complexity index is 454. The molecule has 0 atom stereocenters. The number of rotatable bonds is 7. The lowest BCUT2D eigenvalue weighted by molar-refractivity contribution is -0.142. The van der Waals surface area contributed by atoms with Crippen LogP contribution in [0.3, 0.4) is 0 Å². The fourth-order valence-electron chi connectivity index (χ4n) is 1.31. The van der Waals surface area contributed by atoms with Crippen molar-refractivity contribution in [1.29, 1.82) is 5.26 Å². The summed E-state index contributed by atoms with van der Waals surface area (Å²) >= 11 is 0. The van der Waals surface area contributed by atoms with Crippen molar-refractivity contribution in [3.05, 3.63) is 23.8 Å². The third-order valence-electron chi connectivity index (χ3n) is 2.13. The number of carboxylic acids is 1. The van der Waals surface area contributed by atoms with Crippen LogP contribution in [0.5, 0.6) is 5.75 Å². The second kappa shape index (κ2) is 7.14. The number of aliphatic carboxylic acids is 1. The Labute approximate surface area is 105 Å². The van der Waals surface area contributed by atoms with Crippen molar-refractivity contribution in [2.24, 2.45) is 0 Å². The third-order valence-corrected chi connectivity index (χ3v) is 2.13. The first-order valence-corrected chi connectivity index (χ1v) is 5.29. The summed E-state index contributed by atoms with van der Waals surface area (Å²) in [7, 11) is 1.54. The fraction of sp³-hybridized carbons (Fsp3) is 0.333. The van der Waals surface area contributed by atoms with E-state index in [4.69, 9.17) is 19.8 Å². The number of nitrogens with one attached hydrogen (secondary N) is 1. The van der Waals surface area contributed by atoms with Crippen molar-refractivity contribution in [2.75, 3.05) is 32.2 Å². The second-order valence-electron chi connectivity index (χ2n) is 3.40. The van der Waals surface area contributed by atoms with Gasteiger partial charge in [-0.25, -0.2) is 4.79 Å². The van der Waals surface area contributed by atoms with Gasteiger partial charge in [0, 0.05) is 12.6 Å². The minimum atomic E-state index is -1.01. The normalized spacial score (nSPS) is 9.56. The van der Waals surface area contributed by atoms with Crippen LogP contribution in [0.15, 0.2) is 18.2 Å². The van der Waals surface area contributed by atoms with Gasteiger partial charge in [-0.3, -0.25) is 0 Å². The van der Waals surface area contributed by atoms with Gasteiger partial charge in [-0.15, -0.1) is 0 Å². The molecule has 0 aliphatic rings. The quantitative estimate of drug-likeness (QED) is 0.703. The maximum Gasteiger partial charge on any atom is 0.329 e. The third kappa shape index (κ3) is 4.31. The molecule has 0 aliphatic carbocycles. The molecule has 0 spiro atoms. The molecule has 18 heavy (non-hydrogen) atoms. The van der Waals surface area contributed by atoms with E-state index in [-0.39, 0.29) is 13.2 Å². The monoisotopic (exact) mass is 250 g/mol. The number of nitriles is 1. The van der Waals surface area contributed by atoms with Gasteiger partial charge in [0.2, 0.25) is 0 Å². The molecule has 0 bridgehead atoms. The van der Waals surface area contributed by atoms with Crippen LogP contribution < -0.4 is 10.1 Å². The molecule has 1 aromatic carbocycles. The van der Waals surface area contributed by atoms with Gasteiger partial charge in [-0.1, -0.05) is 0 Å². The molecular formula is C12H14N2O4. The van der Waals surface area contributed by atoms with Crippen LogP contribution in [-0.2, 0) is 9.53 Å². The van der Waals surface area contributed by atoms with Crippen molar-refractivity contribution in [3.8, 4) is 11.8 Å². The van der Waals surface area contributed by atoms with Gasteiger partial charge in [-0.05, 0) is 12.1 Å². The average Bonchev–Trinajstić information content (AvgIpc) is 2.37. The fourth-order valence-corrected chi connectivity index (χ4v) is 1.31. The van der Waals surface area contributed by atoms with E-state index in [1.165, 1.54) is 0 Å². The lowest BCUT2D eigenvalue weighted by atomic mass is 10.2. The van der Waals surface area contributed by atoms with Crippen LogP contribution in [0, 0.1) is 11.3 Å². The minimum absolute atomic E-state index is 0.244. The Kier molecular flexibility index (Phi) is 5.48. The number of anilines is 1. The van der Waals surface area contributed by atoms with Gasteiger partial charge in [0.15, 0.2) is 0 Å². The summed E-state index contributed by atoms with van der Waals surface area (Å²) in [5, 5.41) is 20.3. The van der Waals surface area contributed by atoms with E-state index in [1.54, 1.807) is 25.3 Å². The minimum Gasteiger partial charge on any atom is -0.497 e. The lowest BCUT2D eigenvalue weighted by Gasteiger charge is -2.09. The van der Waals surface area contributed by atoms with Gasteiger partial charge in [0.25, 0.3) is 0 Å². The molecule has 0 saturated carbocycles. The largest absolute Gasteiger partial charge is 0.497 e. The van der Waals surface area contributed by atoms with E-state index < -0.39 is 5.97 Å². The van der Waals surface area contributed by atoms with Crippen LogP contribution in [0.4, 0.5) is 5.69 Å². The molecule has 6 heteroatoms. The zero-order valence-electron chi connectivity index (χ0n) is 9.97. The van der Waals surface area contributed by atoms with Gasteiger partial charge in [0.1, 0.15) is 18.4 Å². The van der Waals surface area contributed by atoms with E-state index in [0.717, 1.165) is 0 Å². The van der Waals surface area contributed by atoms with Crippen molar-refractivity contribution < 1.29 is 19.4 Å². The van der Waals surface area contributed by atoms with Crippen LogP contribution in [0.2, 0.25) is 0 Å². The predicted molar refractivity (Wildman–Crippen MR) is 64.7 cm³/mol. The highest BCUT2D eigenvalue weighted by Gasteiger charge is 2.03. The summed E-state index contributed by atoms with van der Waals surface area (Å²) in [6, 6.07) is 7.11. The average molecular weight is 250 g/mol. The summed E-state index contributed by atoms with van der Waals surface area (Å²) < 4.78 is 9.93. The van der Waals surface area contributed by atoms with Gasteiger partial charge in [0.05, 0.1) is 25.0 Å². The molecule has 0 saturated heterocycles. The number of benzene rings is 1. The van der Waals surface area contributed by atoms with Crippen LogP contribution in [0.25, 0.3) is 0 Å². The van der Waals surface area contributed by atoms with Gasteiger partial charge in [-0.2, -0.15) is 5.26 Å². The summed E-state index contributed by atoms with van der Waals surface area (Å²) in [6.07, 6.45) is 0. The maximum atomic E-state index is 10.2. The molecule has 96 valence electrons. The van der Waals surface area contributed by atoms with E-state index in [2.05, 4.69) is 11.4 Å². The summed E-state index contributed by atoms with van der Waals surface area (Å²) in [6.45, 7) is 0.328. The van der Waals surface area contributed by atoms with Crippen molar-refractivity contribution in [3.63, 3.8) is 0 Å². The number of ether oxygens (including phenoxy) is 2. The molecule has 0 fully saturated rings. The maximum absolute atomic E-state index is 10.2. The molecule has 0 unspecified atom stereocenters. The lowest BCUT2D eigenvalue weighted by Crippen LogP contribution is -2.14. The zero-order chi connectivity index (χ0) is 13.4. The summed E-state index contributed by atoms with van der Waals surface area (Å²) in [4.78, 5) is 10.2. The van der Waals surface area contributed by atoms with E-state index in [0.29, 0.717) is 23.5 Å². The molecule has 0 aromatic heterocycles. The smallest absolute Gasteiger partial charge is 0.329 e. The number of nitrogens with zero attached hydrogens (tertiary/aromatic N) is 1. The van der Waals surface area contributed by atoms with Gasteiger partial charge >= 0.3 is 5.97 Å². The predicted octanol–water partition coefficient (Wildman–Crippen LogP) is 1.08. The van der Waals surface area contributed by atoms with Crippen molar-refractivity contribution in [2.45, 2.75) is 0 Å². The van der Waals surface area contributed by atoms with E-state index >= 15 is 0 Å². The topological polar surface area (TPSA) is 91.6 Å². The first-order valence-electron chi connectivity index (χ1n) is 5.29. The van der Waals surface area contributed by atoms with Crippen LogP contribution in [0.1, 0.15) is 5.56 Å². The molecule has 0 aliphatic heterocycles. The van der Waals surface area contributed by atoms with Crippen molar-refractivity contribution >= 4 is 11.7 Å². The standard InChI is InChI=1S/C12H14N2O4/c1-17-10-3-2-9(7-13)11(6-10)14-4-5-18-8-12(15)16/h2-3,6,14H,4-5,8H2,1H3,(H,15,16). The van der Waals surface area contributed by atoms with E-state index in [9.17, 15) is 4.79 Å². The highest BCUT2D eigenvalue weighted by atomic mass is 16.5. The molecule has 1 rings (SSSR count). The molecule has 6 nitrogen and oxygen atoms in total. The first kappa shape index (κ1) is 13.8. The zero-order valence-corrected chi connectivity index (χ0v) is 9.97. The second-order valence-corrected chi connectivity index (χ2v) is 3.40. The Morgan fingerprint density at radius 3 is 2.94 bits per heavy atom. The summed E-state index contributed by atoms with van der Waals surface area (Å²) in [5.74, 6) is -0.364. The summed E-state index contributed by atoms with van der Waals surface area (Å²) in [5.41, 5.74) is 1.13. The first-order chi connectivity index (χ1) is 8.67. The molecule has 0 radical (unpaired) electrons.